The van der Waals surface area contributed by atoms with Crippen molar-refractivity contribution in [2.45, 2.75) is 26.9 Å². The van der Waals surface area contributed by atoms with Gasteiger partial charge in [0.25, 0.3) is 0 Å². The number of anilines is 1. The fourth-order valence-electron chi connectivity index (χ4n) is 2.31. The van der Waals surface area contributed by atoms with E-state index in [4.69, 9.17) is 16.7 Å². The molecule has 0 spiro atoms. The lowest BCUT2D eigenvalue weighted by Gasteiger charge is -2.20. The van der Waals surface area contributed by atoms with E-state index in [0.29, 0.717) is 10.9 Å². The van der Waals surface area contributed by atoms with Crippen LogP contribution in [0.25, 0.3) is 0 Å². The van der Waals surface area contributed by atoms with Crippen LogP contribution < -0.4 is 4.90 Å². The Bertz CT molecular complexity index is 395. The molecule has 1 unspecified atom stereocenters. The molecule has 1 N–H and O–H groups in total. The molecule has 1 atom stereocenters. The summed E-state index contributed by atoms with van der Waals surface area (Å²) in [5, 5.41) is 9.66. The second-order valence-corrected chi connectivity index (χ2v) is 5.45. The number of halogens is 1. The monoisotopic (exact) mass is 254 g/mol. The van der Waals surface area contributed by atoms with Crippen molar-refractivity contribution in [3.8, 4) is 0 Å². The standard InChI is InChI=1S/C13H19ClN2O/c1-9(2)11-3-4-16(7-11)13-12(14)5-10(8-17)6-15-13/h5-6,9,11,17H,3-4,7-8H2,1-2H3. The van der Waals surface area contributed by atoms with E-state index >= 15 is 0 Å². The number of hydrogen-bond acceptors (Lipinski definition) is 3. The van der Waals surface area contributed by atoms with E-state index in [1.54, 1.807) is 12.3 Å². The van der Waals surface area contributed by atoms with Crippen LogP contribution in [0, 0.1) is 11.8 Å². The molecule has 0 amide bonds. The first-order valence-corrected chi connectivity index (χ1v) is 6.50. The minimum Gasteiger partial charge on any atom is -0.392 e. The van der Waals surface area contributed by atoms with Crippen molar-refractivity contribution in [1.29, 1.82) is 0 Å². The van der Waals surface area contributed by atoms with Crippen LogP contribution in [0.4, 0.5) is 5.82 Å². The van der Waals surface area contributed by atoms with Gasteiger partial charge in [-0.15, -0.1) is 0 Å². The summed E-state index contributed by atoms with van der Waals surface area (Å²) in [5.74, 6) is 2.29. The van der Waals surface area contributed by atoms with E-state index in [9.17, 15) is 0 Å². The number of aliphatic hydroxyl groups is 1. The van der Waals surface area contributed by atoms with Gasteiger partial charge in [0, 0.05) is 19.3 Å². The van der Waals surface area contributed by atoms with Gasteiger partial charge in [-0.3, -0.25) is 0 Å². The van der Waals surface area contributed by atoms with Crippen LogP contribution >= 0.6 is 11.6 Å². The highest BCUT2D eigenvalue weighted by atomic mass is 35.5. The zero-order valence-corrected chi connectivity index (χ0v) is 11.1. The first-order chi connectivity index (χ1) is 8.11. The molecule has 2 heterocycles. The maximum Gasteiger partial charge on any atom is 0.147 e. The predicted molar refractivity (Wildman–Crippen MR) is 70.3 cm³/mol. The third-order valence-electron chi connectivity index (χ3n) is 3.53. The summed E-state index contributed by atoms with van der Waals surface area (Å²) >= 11 is 6.20. The third-order valence-corrected chi connectivity index (χ3v) is 3.81. The van der Waals surface area contributed by atoms with E-state index in [1.165, 1.54) is 6.42 Å². The quantitative estimate of drug-likeness (QED) is 0.901. The Labute approximate surface area is 107 Å². The van der Waals surface area contributed by atoms with E-state index in [0.717, 1.165) is 30.4 Å². The van der Waals surface area contributed by atoms with Gasteiger partial charge in [0.2, 0.25) is 0 Å². The Morgan fingerprint density at radius 3 is 2.88 bits per heavy atom. The van der Waals surface area contributed by atoms with Gasteiger partial charge >= 0.3 is 0 Å². The summed E-state index contributed by atoms with van der Waals surface area (Å²) in [5.41, 5.74) is 0.762. The molecule has 0 radical (unpaired) electrons. The normalized spacial score (nSPS) is 20.3. The molecule has 0 aromatic carbocycles. The van der Waals surface area contributed by atoms with Crippen molar-refractivity contribution < 1.29 is 5.11 Å². The van der Waals surface area contributed by atoms with Gasteiger partial charge in [0.15, 0.2) is 0 Å². The van der Waals surface area contributed by atoms with Crippen LogP contribution in [0.15, 0.2) is 12.3 Å². The van der Waals surface area contributed by atoms with E-state index in [1.807, 2.05) is 0 Å². The van der Waals surface area contributed by atoms with Crippen molar-refractivity contribution >= 4 is 17.4 Å². The maximum absolute atomic E-state index is 9.02. The Balaban J connectivity index is 2.13. The summed E-state index contributed by atoms with van der Waals surface area (Å²) in [4.78, 5) is 6.60. The number of aliphatic hydroxyl groups excluding tert-OH is 1. The second-order valence-electron chi connectivity index (χ2n) is 5.05. The van der Waals surface area contributed by atoms with Crippen molar-refractivity contribution in [2.75, 3.05) is 18.0 Å². The summed E-state index contributed by atoms with van der Waals surface area (Å²) in [6, 6.07) is 1.80. The molecular weight excluding hydrogens is 236 g/mol. The lowest BCUT2D eigenvalue weighted by Crippen LogP contribution is -2.22. The SMILES string of the molecule is CC(C)C1CCN(c2ncc(CO)cc2Cl)C1. The fraction of sp³-hybridized carbons (Fsp3) is 0.615. The molecule has 94 valence electrons. The third kappa shape index (κ3) is 2.72. The molecule has 4 heteroatoms. The highest BCUT2D eigenvalue weighted by Crippen LogP contribution is 2.31. The Morgan fingerprint density at radius 2 is 2.35 bits per heavy atom. The minimum absolute atomic E-state index is 0.0123. The lowest BCUT2D eigenvalue weighted by molar-refractivity contribution is 0.281. The lowest BCUT2D eigenvalue weighted by atomic mass is 9.95. The van der Waals surface area contributed by atoms with Crippen LogP contribution in [0.5, 0.6) is 0 Å². The van der Waals surface area contributed by atoms with Gasteiger partial charge < -0.3 is 10.0 Å². The Hall–Kier alpha value is -0.800. The first-order valence-electron chi connectivity index (χ1n) is 6.12. The van der Waals surface area contributed by atoms with Crippen LogP contribution in [0.1, 0.15) is 25.8 Å². The van der Waals surface area contributed by atoms with Gasteiger partial charge in [-0.2, -0.15) is 0 Å². The summed E-state index contributed by atoms with van der Waals surface area (Å²) in [6.07, 6.45) is 2.90. The van der Waals surface area contributed by atoms with Crippen LogP contribution in [-0.4, -0.2) is 23.2 Å². The predicted octanol–water partition coefficient (Wildman–Crippen LogP) is 2.71. The molecule has 1 aliphatic rings. The molecular formula is C13H19ClN2O. The highest BCUT2D eigenvalue weighted by molar-refractivity contribution is 6.33. The average molecular weight is 255 g/mol. The maximum atomic E-state index is 9.02. The van der Waals surface area contributed by atoms with Crippen molar-refractivity contribution in [2.24, 2.45) is 11.8 Å². The number of nitrogens with zero attached hydrogens (tertiary/aromatic N) is 2. The molecule has 1 aliphatic heterocycles. The number of rotatable bonds is 3. The molecule has 1 saturated heterocycles. The molecule has 1 aromatic heterocycles. The summed E-state index contributed by atoms with van der Waals surface area (Å²) in [7, 11) is 0. The van der Waals surface area contributed by atoms with Gasteiger partial charge in [0.1, 0.15) is 5.82 Å². The molecule has 0 aliphatic carbocycles. The van der Waals surface area contributed by atoms with Crippen molar-refractivity contribution in [3.05, 3.63) is 22.8 Å². The Morgan fingerprint density at radius 1 is 1.59 bits per heavy atom. The van der Waals surface area contributed by atoms with Crippen molar-refractivity contribution in [1.82, 2.24) is 4.98 Å². The zero-order valence-electron chi connectivity index (χ0n) is 10.4. The second kappa shape index (κ2) is 5.23. The molecule has 17 heavy (non-hydrogen) atoms. The summed E-state index contributed by atoms with van der Waals surface area (Å²) in [6.45, 7) is 6.56. The number of hydrogen-bond donors (Lipinski definition) is 1. The van der Waals surface area contributed by atoms with Crippen LogP contribution in [-0.2, 0) is 6.61 Å². The van der Waals surface area contributed by atoms with Gasteiger partial charge in [-0.1, -0.05) is 25.4 Å². The minimum atomic E-state index is -0.0123. The average Bonchev–Trinajstić information content (AvgIpc) is 2.78. The smallest absolute Gasteiger partial charge is 0.147 e. The molecule has 3 nitrogen and oxygen atoms in total. The van der Waals surface area contributed by atoms with Crippen LogP contribution in [0.3, 0.4) is 0 Å². The highest BCUT2D eigenvalue weighted by Gasteiger charge is 2.26. The largest absolute Gasteiger partial charge is 0.392 e. The molecule has 0 saturated carbocycles. The number of pyridine rings is 1. The van der Waals surface area contributed by atoms with Gasteiger partial charge in [-0.05, 0) is 29.9 Å². The van der Waals surface area contributed by atoms with Crippen molar-refractivity contribution in [3.63, 3.8) is 0 Å². The van der Waals surface area contributed by atoms with E-state index in [2.05, 4.69) is 23.7 Å². The fourth-order valence-corrected chi connectivity index (χ4v) is 2.62. The molecule has 1 fully saturated rings. The van der Waals surface area contributed by atoms with Gasteiger partial charge in [-0.25, -0.2) is 4.98 Å². The first kappa shape index (κ1) is 12.7. The molecule has 1 aromatic rings. The van der Waals surface area contributed by atoms with Crippen LogP contribution in [0.2, 0.25) is 5.02 Å². The molecule has 0 bridgehead atoms. The molecule has 2 rings (SSSR count). The summed E-state index contributed by atoms with van der Waals surface area (Å²) < 4.78 is 0. The zero-order chi connectivity index (χ0) is 12.4. The topological polar surface area (TPSA) is 36.4 Å². The van der Waals surface area contributed by atoms with Gasteiger partial charge in [0.05, 0.1) is 11.6 Å². The number of aromatic nitrogens is 1. The van der Waals surface area contributed by atoms with E-state index < -0.39 is 0 Å². The van der Waals surface area contributed by atoms with E-state index in [-0.39, 0.29) is 6.61 Å². The Kier molecular flexibility index (Phi) is 3.89.